The van der Waals surface area contributed by atoms with Gasteiger partial charge in [0.25, 0.3) is 0 Å². The quantitative estimate of drug-likeness (QED) is 0.756. The average Bonchev–Trinajstić information content (AvgIpc) is 2.58. The molecule has 0 atom stereocenters. The molecule has 4 nitrogen and oxygen atoms in total. The molecule has 0 radical (unpaired) electrons. The third-order valence-electron chi connectivity index (χ3n) is 3.85. The molecule has 1 amide bonds. The summed E-state index contributed by atoms with van der Waals surface area (Å²) in [7, 11) is 0. The minimum absolute atomic E-state index is 0.0266. The van der Waals surface area contributed by atoms with Crippen molar-refractivity contribution in [2.45, 2.75) is 33.6 Å². The fourth-order valence-electron chi connectivity index (χ4n) is 2.64. The Morgan fingerprint density at radius 3 is 2.62 bits per heavy atom. The molecule has 0 aliphatic rings. The fourth-order valence-corrected chi connectivity index (χ4v) is 2.64. The molecular formula is C20H26N2O2. The largest absolute Gasteiger partial charge is 0.492 e. The molecule has 128 valence electrons. The number of hydrogen-bond acceptors (Lipinski definition) is 3. The summed E-state index contributed by atoms with van der Waals surface area (Å²) in [6, 6.07) is 13.8. The van der Waals surface area contributed by atoms with Crippen LogP contribution in [0.5, 0.6) is 5.75 Å². The van der Waals surface area contributed by atoms with Crippen molar-refractivity contribution >= 4 is 17.3 Å². The van der Waals surface area contributed by atoms with E-state index in [0.717, 1.165) is 17.8 Å². The molecule has 0 saturated heterocycles. The summed E-state index contributed by atoms with van der Waals surface area (Å²) in [5.74, 6) is 0.676. The van der Waals surface area contributed by atoms with Gasteiger partial charge in [-0.25, -0.2) is 0 Å². The van der Waals surface area contributed by atoms with Gasteiger partial charge < -0.3 is 15.4 Å². The van der Waals surface area contributed by atoms with E-state index in [4.69, 9.17) is 4.74 Å². The molecule has 0 bridgehead atoms. The number of aryl methyl sites for hydroxylation is 2. The Morgan fingerprint density at radius 2 is 1.88 bits per heavy atom. The molecule has 0 aromatic heterocycles. The zero-order chi connectivity index (χ0) is 17.4. The molecule has 0 unspecified atom stereocenters. The van der Waals surface area contributed by atoms with E-state index in [1.54, 1.807) is 0 Å². The third kappa shape index (κ3) is 4.75. The lowest BCUT2D eigenvalue weighted by atomic mass is 10.1. The Balaban J connectivity index is 1.91. The minimum Gasteiger partial charge on any atom is -0.492 e. The van der Waals surface area contributed by atoms with Crippen molar-refractivity contribution in [2.75, 3.05) is 23.8 Å². The van der Waals surface area contributed by atoms with Crippen LogP contribution in [0.4, 0.5) is 11.4 Å². The first-order valence-electron chi connectivity index (χ1n) is 8.49. The van der Waals surface area contributed by atoms with Gasteiger partial charge in [0.05, 0.1) is 12.3 Å². The molecule has 2 rings (SSSR count). The number of ether oxygens (including phenoxy) is 1. The van der Waals surface area contributed by atoms with Crippen LogP contribution >= 0.6 is 0 Å². The van der Waals surface area contributed by atoms with Crippen LogP contribution in [0.2, 0.25) is 0 Å². The van der Waals surface area contributed by atoms with Crippen LogP contribution in [0.3, 0.4) is 0 Å². The summed E-state index contributed by atoms with van der Waals surface area (Å²) in [4.78, 5) is 12.2. The average molecular weight is 326 g/mol. The van der Waals surface area contributed by atoms with Gasteiger partial charge in [-0.15, -0.1) is 0 Å². The SMILES string of the molecule is CCOc1ccccc1NC(=O)CCNc1c(C)cccc1CC. The Bertz CT molecular complexity index is 683. The number of amides is 1. The number of carbonyl (C=O) groups excluding carboxylic acids is 1. The Hall–Kier alpha value is -2.49. The summed E-state index contributed by atoms with van der Waals surface area (Å²) >= 11 is 0. The van der Waals surface area contributed by atoms with E-state index in [1.807, 2.05) is 31.2 Å². The van der Waals surface area contributed by atoms with Gasteiger partial charge in [0, 0.05) is 18.7 Å². The van der Waals surface area contributed by atoms with Crippen molar-refractivity contribution in [3.63, 3.8) is 0 Å². The summed E-state index contributed by atoms with van der Waals surface area (Å²) in [5.41, 5.74) is 4.34. The van der Waals surface area contributed by atoms with Gasteiger partial charge in [-0.2, -0.15) is 0 Å². The second-order valence-electron chi connectivity index (χ2n) is 5.62. The first-order chi connectivity index (χ1) is 11.7. The van der Waals surface area contributed by atoms with Gasteiger partial charge in [0.2, 0.25) is 5.91 Å². The summed E-state index contributed by atoms with van der Waals surface area (Å²) in [6.07, 6.45) is 1.37. The molecule has 0 aliphatic carbocycles. The lowest BCUT2D eigenvalue weighted by molar-refractivity contribution is -0.116. The molecule has 4 heteroatoms. The maximum Gasteiger partial charge on any atom is 0.226 e. The van der Waals surface area contributed by atoms with Gasteiger partial charge in [-0.05, 0) is 43.5 Å². The molecule has 2 N–H and O–H groups in total. The number of hydrogen-bond donors (Lipinski definition) is 2. The molecular weight excluding hydrogens is 300 g/mol. The lowest BCUT2D eigenvalue weighted by Crippen LogP contribution is -2.17. The van der Waals surface area contributed by atoms with E-state index in [9.17, 15) is 4.79 Å². The fraction of sp³-hybridized carbons (Fsp3) is 0.350. The highest BCUT2D eigenvalue weighted by molar-refractivity contribution is 5.92. The number of para-hydroxylation sites is 3. The van der Waals surface area contributed by atoms with Crippen molar-refractivity contribution in [3.8, 4) is 5.75 Å². The molecule has 2 aromatic carbocycles. The predicted octanol–water partition coefficient (Wildman–Crippen LogP) is 4.40. The van der Waals surface area contributed by atoms with Crippen molar-refractivity contribution in [1.82, 2.24) is 0 Å². The van der Waals surface area contributed by atoms with Crippen molar-refractivity contribution in [3.05, 3.63) is 53.6 Å². The third-order valence-corrected chi connectivity index (χ3v) is 3.85. The molecule has 0 heterocycles. The predicted molar refractivity (Wildman–Crippen MR) is 99.9 cm³/mol. The maximum absolute atomic E-state index is 12.2. The van der Waals surface area contributed by atoms with Gasteiger partial charge >= 0.3 is 0 Å². The lowest BCUT2D eigenvalue weighted by Gasteiger charge is -2.14. The van der Waals surface area contributed by atoms with E-state index in [-0.39, 0.29) is 5.91 Å². The topological polar surface area (TPSA) is 50.4 Å². The first kappa shape index (κ1) is 17.9. The summed E-state index contributed by atoms with van der Waals surface area (Å²) in [6.45, 7) is 7.31. The molecule has 0 spiro atoms. The maximum atomic E-state index is 12.2. The van der Waals surface area contributed by atoms with Crippen LogP contribution in [0, 0.1) is 6.92 Å². The molecule has 0 fully saturated rings. The highest BCUT2D eigenvalue weighted by Gasteiger charge is 2.08. The monoisotopic (exact) mass is 326 g/mol. The van der Waals surface area contributed by atoms with Gasteiger partial charge in [0.1, 0.15) is 5.75 Å². The normalized spacial score (nSPS) is 10.3. The molecule has 0 saturated carbocycles. The smallest absolute Gasteiger partial charge is 0.226 e. The van der Waals surface area contributed by atoms with Gasteiger partial charge in [-0.1, -0.05) is 37.3 Å². The number of rotatable bonds is 8. The number of anilines is 2. The first-order valence-corrected chi connectivity index (χ1v) is 8.49. The standard InChI is InChI=1S/C20H26N2O2/c1-4-16-10-8-9-15(3)20(16)21-14-13-19(23)22-17-11-6-7-12-18(17)24-5-2/h6-12,21H,4-5,13-14H2,1-3H3,(H,22,23). The van der Waals surface area contributed by atoms with E-state index in [0.29, 0.717) is 25.3 Å². The van der Waals surface area contributed by atoms with E-state index in [1.165, 1.54) is 11.1 Å². The number of carbonyl (C=O) groups is 1. The highest BCUT2D eigenvalue weighted by atomic mass is 16.5. The Kier molecular flexibility index (Phi) is 6.67. The van der Waals surface area contributed by atoms with Crippen molar-refractivity contribution in [1.29, 1.82) is 0 Å². The van der Waals surface area contributed by atoms with Crippen LogP contribution in [-0.4, -0.2) is 19.1 Å². The zero-order valence-electron chi connectivity index (χ0n) is 14.7. The van der Waals surface area contributed by atoms with Gasteiger partial charge in [-0.3, -0.25) is 4.79 Å². The van der Waals surface area contributed by atoms with Crippen LogP contribution in [0.15, 0.2) is 42.5 Å². The number of nitrogens with one attached hydrogen (secondary N) is 2. The van der Waals surface area contributed by atoms with Gasteiger partial charge in [0.15, 0.2) is 0 Å². The Labute approximate surface area is 144 Å². The Morgan fingerprint density at radius 1 is 1.08 bits per heavy atom. The van der Waals surface area contributed by atoms with Crippen LogP contribution in [-0.2, 0) is 11.2 Å². The second-order valence-corrected chi connectivity index (χ2v) is 5.62. The molecule has 24 heavy (non-hydrogen) atoms. The van der Waals surface area contributed by atoms with Crippen LogP contribution < -0.4 is 15.4 Å². The van der Waals surface area contributed by atoms with E-state index in [2.05, 4.69) is 42.7 Å². The minimum atomic E-state index is -0.0266. The highest BCUT2D eigenvalue weighted by Crippen LogP contribution is 2.24. The summed E-state index contributed by atoms with van der Waals surface area (Å²) < 4.78 is 5.53. The second kappa shape index (κ2) is 8.96. The van der Waals surface area contributed by atoms with Crippen LogP contribution in [0.25, 0.3) is 0 Å². The summed E-state index contributed by atoms with van der Waals surface area (Å²) in [5, 5.41) is 6.32. The van der Waals surface area contributed by atoms with E-state index >= 15 is 0 Å². The molecule has 2 aromatic rings. The molecule has 0 aliphatic heterocycles. The zero-order valence-corrected chi connectivity index (χ0v) is 14.7. The van der Waals surface area contributed by atoms with Crippen molar-refractivity contribution < 1.29 is 9.53 Å². The van der Waals surface area contributed by atoms with Crippen LogP contribution in [0.1, 0.15) is 31.4 Å². The number of benzene rings is 2. The van der Waals surface area contributed by atoms with Crippen molar-refractivity contribution in [2.24, 2.45) is 0 Å². The van der Waals surface area contributed by atoms with E-state index < -0.39 is 0 Å².